The van der Waals surface area contributed by atoms with Crippen LogP contribution in [0.2, 0.25) is 0 Å². The van der Waals surface area contributed by atoms with Gasteiger partial charge in [-0.05, 0) is 55.3 Å². The van der Waals surface area contributed by atoms with Gasteiger partial charge in [-0.3, -0.25) is 14.5 Å². The van der Waals surface area contributed by atoms with Gasteiger partial charge in [0.25, 0.3) is 5.78 Å². The number of ketones is 1. The van der Waals surface area contributed by atoms with Gasteiger partial charge in [-0.25, -0.2) is 14.2 Å². The van der Waals surface area contributed by atoms with Crippen LogP contribution < -0.4 is 9.64 Å². The Kier molecular flexibility index (Phi) is 8.55. The SMILES string of the molecule is C=CCOC(=O)c1sc(N2C(=O)C(=O)C(=C(O)c3ccc(OCCCC)cc3)C2c2cccc(F)c2)nc1C. The van der Waals surface area contributed by atoms with Gasteiger partial charge < -0.3 is 14.6 Å². The summed E-state index contributed by atoms with van der Waals surface area (Å²) in [5, 5.41) is 11.3. The highest BCUT2D eigenvalue weighted by Gasteiger charge is 2.48. The average molecular weight is 551 g/mol. The predicted molar refractivity (Wildman–Crippen MR) is 145 cm³/mol. The van der Waals surface area contributed by atoms with Crippen molar-refractivity contribution in [3.8, 4) is 5.75 Å². The number of rotatable bonds is 10. The molecule has 0 saturated carbocycles. The molecule has 2 heterocycles. The van der Waals surface area contributed by atoms with E-state index in [0.29, 0.717) is 18.1 Å². The van der Waals surface area contributed by atoms with E-state index in [-0.39, 0.29) is 33.3 Å². The number of benzene rings is 2. The highest BCUT2D eigenvalue weighted by atomic mass is 32.1. The fourth-order valence-corrected chi connectivity index (χ4v) is 5.08. The Labute approximate surface area is 229 Å². The third-order valence-corrected chi connectivity index (χ3v) is 7.15. The number of aliphatic hydroxyl groups excluding tert-OH is 1. The molecule has 1 N–H and O–H groups in total. The van der Waals surface area contributed by atoms with Crippen molar-refractivity contribution in [2.75, 3.05) is 18.1 Å². The standard InChI is InChI=1S/C29H27FN2O6S/c1-4-6-15-37-21-12-10-18(11-13-21)24(33)22-23(19-8-7-9-20(30)16-19)32(27(35)25(22)34)29-31-17(3)26(39-29)28(36)38-14-5-2/h5,7-13,16,23,33H,2,4,6,14-15H2,1,3H3. The van der Waals surface area contributed by atoms with E-state index in [9.17, 15) is 23.9 Å². The van der Waals surface area contributed by atoms with E-state index in [1.165, 1.54) is 24.3 Å². The van der Waals surface area contributed by atoms with Gasteiger partial charge in [0, 0.05) is 5.56 Å². The lowest BCUT2D eigenvalue weighted by Crippen LogP contribution is -2.29. The lowest BCUT2D eigenvalue weighted by molar-refractivity contribution is -0.132. The number of carbonyl (C=O) groups excluding carboxylic acids is 3. The Bertz CT molecular complexity index is 1450. The maximum absolute atomic E-state index is 14.3. The molecule has 0 aliphatic carbocycles. The monoisotopic (exact) mass is 550 g/mol. The molecular weight excluding hydrogens is 523 g/mol. The van der Waals surface area contributed by atoms with Crippen molar-refractivity contribution in [2.24, 2.45) is 0 Å². The second-order valence-electron chi connectivity index (χ2n) is 8.75. The molecule has 3 aromatic rings. The van der Waals surface area contributed by atoms with E-state index >= 15 is 0 Å². The summed E-state index contributed by atoms with van der Waals surface area (Å²) in [5.74, 6) is -3.01. The molecule has 10 heteroatoms. The number of Topliss-reactive ketones (excluding diaryl/α,β-unsaturated/α-hetero) is 1. The average Bonchev–Trinajstić information content (AvgIpc) is 3.44. The number of halogens is 1. The van der Waals surface area contributed by atoms with Gasteiger partial charge in [-0.15, -0.1) is 0 Å². The molecule has 1 fully saturated rings. The normalized spacial score (nSPS) is 16.4. The van der Waals surface area contributed by atoms with Crippen LogP contribution in [-0.2, 0) is 14.3 Å². The van der Waals surface area contributed by atoms with Crippen LogP contribution >= 0.6 is 11.3 Å². The van der Waals surface area contributed by atoms with Crippen LogP contribution in [0.15, 0.2) is 66.8 Å². The van der Waals surface area contributed by atoms with Crippen molar-refractivity contribution >= 4 is 39.9 Å². The molecule has 1 atom stereocenters. The lowest BCUT2D eigenvalue weighted by Gasteiger charge is -2.23. The van der Waals surface area contributed by atoms with E-state index in [4.69, 9.17) is 9.47 Å². The molecule has 1 amide bonds. The topological polar surface area (TPSA) is 106 Å². The first kappa shape index (κ1) is 27.7. The van der Waals surface area contributed by atoms with Gasteiger partial charge in [-0.2, -0.15) is 0 Å². The molecule has 2 aromatic carbocycles. The third kappa shape index (κ3) is 5.75. The molecule has 0 spiro atoms. The number of anilines is 1. The summed E-state index contributed by atoms with van der Waals surface area (Å²) in [6.07, 6.45) is 3.29. The van der Waals surface area contributed by atoms with Crippen LogP contribution in [-0.4, -0.2) is 41.0 Å². The number of aryl methyl sites for hydroxylation is 1. The van der Waals surface area contributed by atoms with Crippen molar-refractivity contribution in [3.05, 3.63) is 94.3 Å². The summed E-state index contributed by atoms with van der Waals surface area (Å²) in [5.41, 5.74) is 0.594. The van der Waals surface area contributed by atoms with Crippen molar-refractivity contribution in [1.29, 1.82) is 0 Å². The molecule has 1 unspecified atom stereocenters. The molecule has 1 aliphatic rings. The zero-order valence-corrected chi connectivity index (χ0v) is 22.3. The number of ether oxygens (including phenoxy) is 2. The smallest absolute Gasteiger partial charge is 0.350 e. The maximum Gasteiger partial charge on any atom is 0.350 e. The lowest BCUT2D eigenvalue weighted by atomic mass is 9.95. The van der Waals surface area contributed by atoms with Gasteiger partial charge in [0.1, 0.15) is 28.8 Å². The van der Waals surface area contributed by atoms with Gasteiger partial charge in [0.05, 0.1) is 23.9 Å². The molecule has 0 bridgehead atoms. The van der Waals surface area contributed by atoms with Gasteiger partial charge >= 0.3 is 11.9 Å². The molecular formula is C29H27FN2O6S. The zero-order chi connectivity index (χ0) is 28.1. The molecule has 1 aliphatic heterocycles. The summed E-state index contributed by atoms with van der Waals surface area (Å²) in [7, 11) is 0. The number of nitrogens with zero attached hydrogens (tertiary/aromatic N) is 2. The number of hydrogen-bond donors (Lipinski definition) is 1. The Morgan fingerprint density at radius 3 is 2.64 bits per heavy atom. The first-order valence-corrected chi connectivity index (χ1v) is 13.1. The largest absolute Gasteiger partial charge is 0.507 e. The van der Waals surface area contributed by atoms with Crippen LogP contribution in [0, 0.1) is 12.7 Å². The quantitative estimate of drug-likeness (QED) is 0.0857. The molecule has 202 valence electrons. The van der Waals surface area contributed by atoms with Crippen LogP contribution in [0.3, 0.4) is 0 Å². The summed E-state index contributed by atoms with van der Waals surface area (Å²) >= 11 is 0.863. The Balaban J connectivity index is 1.80. The van der Waals surface area contributed by atoms with Gasteiger partial charge in [-0.1, -0.05) is 49.5 Å². The van der Waals surface area contributed by atoms with Crippen molar-refractivity contribution in [1.82, 2.24) is 4.98 Å². The molecule has 8 nitrogen and oxygen atoms in total. The van der Waals surface area contributed by atoms with Crippen molar-refractivity contribution in [3.63, 3.8) is 0 Å². The summed E-state index contributed by atoms with van der Waals surface area (Å²) in [6, 6.07) is 10.7. The van der Waals surface area contributed by atoms with E-state index < -0.39 is 35.3 Å². The molecule has 39 heavy (non-hydrogen) atoms. The summed E-state index contributed by atoms with van der Waals surface area (Å²) in [4.78, 5) is 44.7. The van der Waals surface area contributed by atoms with Crippen LogP contribution in [0.1, 0.15) is 52.3 Å². The summed E-state index contributed by atoms with van der Waals surface area (Å²) in [6.45, 7) is 7.67. The van der Waals surface area contributed by atoms with Gasteiger partial charge in [0.2, 0.25) is 0 Å². The highest BCUT2D eigenvalue weighted by molar-refractivity contribution is 7.17. The fourth-order valence-electron chi connectivity index (χ4n) is 4.10. The number of aromatic nitrogens is 1. The number of amides is 1. The molecule has 0 radical (unpaired) electrons. The first-order valence-electron chi connectivity index (χ1n) is 12.3. The Morgan fingerprint density at radius 2 is 1.97 bits per heavy atom. The minimum Gasteiger partial charge on any atom is -0.507 e. The second-order valence-corrected chi connectivity index (χ2v) is 9.73. The minimum absolute atomic E-state index is 0.0122. The molecule has 4 rings (SSSR count). The van der Waals surface area contributed by atoms with Crippen LogP contribution in [0.25, 0.3) is 5.76 Å². The number of thiazole rings is 1. The Hall–Kier alpha value is -4.31. The fraction of sp³-hybridized carbons (Fsp3) is 0.241. The first-order chi connectivity index (χ1) is 18.8. The van der Waals surface area contributed by atoms with Crippen LogP contribution in [0.5, 0.6) is 5.75 Å². The number of esters is 1. The summed E-state index contributed by atoms with van der Waals surface area (Å²) < 4.78 is 25.1. The molecule has 1 aromatic heterocycles. The second kappa shape index (κ2) is 12.0. The zero-order valence-electron chi connectivity index (χ0n) is 21.5. The third-order valence-electron chi connectivity index (χ3n) is 6.01. The number of unbranched alkanes of at least 4 members (excludes halogenated alkanes) is 1. The Morgan fingerprint density at radius 1 is 1.23 bits per heavy atom. The maximum atomic E-state index is 14.3. The number of carbonyl (C=O) groups is 3. The van der Waals surface area contributed by atoms with E-state index in [0.717, 1.165) is 29.1 Å². The minimum atomic E-state index is -1.19. The van der Waals surface area contributed by atoms with Crippen molar-refractivity contribution < 1.29 is 33.4 Å². The van der Waals surface area contributed by atoms with E-state index in [2.05, 4.69) is 18.5 Å². The number of hydrogen-bond acceptors (Lipinski definition) is 8. The van der Waals surface area contributed by atoms with Crippen molar-refractivity contribution in [2.45, 2.75) is 32.7 Å². The van der Waals surface area contributed by atoms with Crippen LogP contribution in [0.4, 0.5) is 9.52 Å². The molecule has 1 saturated heterocycles. The van der Waals surface area contributed by atoms with E-state index in [1.807, 2.05) is 0 Å². The van der Waals surface area contributed by atoms with Gasteiger partial charge in [0.15, 0.2) is 5.13 Å². The number of aliphatic hydroxyl groups is 1. The predicted octanol–water partition coefficient (Wildman–Crippen LogP) is 5.74. The highest BCUT2D eigenvalue weighted by Crippen LogP contribution is 2.44. The van der Waals surface area contributed by atoms with E-state index in [1.54, 1.807) is 37.3 Å².